The molecule has 0 bridgehead atoms. The average Bonchev–Trinajstić information content (AvgIpc) is 3.79. The molecule has 340 valence electrons. The minimum atomic E-state index is -0.718. The van der Waals surface area contributed by atoms with Crippen LogP contribution in [0.3, 0.4) is 0 Å². The van der Waals surface area contributed by atoms with Gasteiger partial charge >= 0.3 is 5.69 Å². The van der Waals surface area contributed by atoms with Crippen molar-refractivity contribution in [3.63, 3.8) is 0 Å². The lowest BCUT2D eigenvalue weighted by Crippen LogP contribution is -2.54. The number of aryl methyl sites for hydroxylation is 1. The molecule has 2 saturated heterocycles. The molecule has 8 rings (SSSR count). The number of fused-ring (bicyclic) bond motifs is 2. The Bertz CT molecular complexity index is 2590. The lowest BCUT2D eigenvalue weighted by Gasteiger charge is -2.41. The number of benzene rings is 2. The summed E-state index contributed by atoms with van der Waals surface area (Å²) >= 11 is 0. The number of nitrogens with one attached hydrogen (secondary N) is 1. The van der Waals surface area contributed by atoms with Crippen molar-refractivity contribution >= 4 is 62.8 Å². The quantitative estimate of drug-likeness (QED) is 0.0681. The predicted octanol–water partition coefficient (Wildman–Crippen LogP) is 2.62. The van der Waals surface area contributed by atoms with E-state index < -0.39 is 11.9 Å². The van der Waals surface area contributed by atoms with E-state index in [1.807, 2.05) is 42.3 Å². The summed E-state index contributed by atoms with van der Waals surface area (Å²) in [5, 5.41) is 4.51. The Labute approximate surface area is 370 Å². The number of aromatic nitrogens is 2. The van der Waals surface area contributed by atoms with E-state index in [1.165, 1.54) is 26.9 Å². The van der Waals surface area contributed by atoms with Gasteiger partial charge in [-0.2, -0.15) is 0 Å². The normalized spacial score (nSPS) is 20.3. The number of hydrazine groups is 1. The molecule has 18 heteroatoms. The summed E-state index contributed by atoms with van der Waals surface area (Å²) in [6, 6.07) is 11.0. The number of imidazole rings is 1. The molecule has 5 amide bonds. The number of nitrogens with zero attached hydrogens (tertiary/aromatic N) is 7. The Morgan fingerprint density at radius 2 is 1.80 bits per heavy atom. The van der Waals surface area contributed by atoms with Gasteiger partial charge < -0.3 is 39.5 Å². The maximum Gasteiger partial charge on any atom is 0.329 e. The van der Waals surface area contributed by atoms with Crippen LogP contribution in [0.2, 0.25) is 0 Å². The van der Waals surface area contributed by atoms with Crippen LogP contribution in [0.4, 0.5) is 5.69 Å². The fraction of sp³-hybridized carbons (Fsp3) is 0.478. The second-order valence-electron chi connectivity index (χ2n) is 17.7. The van der Waals surface area contributed by atoms with Crippen molar-refractivity contribution in [2.75, 3.05) is 71.9 Å². The number of rotatable bonds is 15. The Hall–Kier alpha value is -6.40. The molecule has 2 aromatic carbocycles. The van der Waals surface area contributed by atoms with Crippen molar-refractivity contribution < 1.29 is 33.1 Å². The number of piperidine rings is 1. The highest BCUT2D eigenvalue weighted by molar-refractivity contribution is 6.02. The van der Waals surface area contributed by atoms with Gasteiger partial charge in [-0.05, 0) is 85.1 Å². The molecule has 3 fully saturated rings. The minimum Gasteiger partial charge on any atom is -0.449 e. The minimum absolute atomic E-state index is 0.00477. The van der Waals surface area contributed by atoms with E-state index in [-0.39, 0.29) is 65.9 Å². The number of imide groups is 1. The summed E-state index contributed by atoms with van der Waals surface area (Å²) in [6.07, 6.45) is 8.94. The third-order valence-corrected chi connectivity index (χ3v) is 13.1. The van der Waals surface area contributed by atoms with E-state index in [0.717, 1.165) is 46.1 Å². The predicted molar refractivity (Wildman–Crippen MR) is 241 cm³/mol. The second kappa shape index (κ2) is 18.4. The van der Waals surface area contributed by atoms with Crippen LogP contribution in [0.1, 0.15) is 78.6 Å². The number of carbonyl (C=O) groups is 5. The van der Waals surface area contributed by atoms with Gasteiger partial charge in [-0.15, -0.1) is 0 Å². The smallest absolute Gasteiger partial charge is 0.329 e. The van der Waals surface area contributed by atoms with Gasteiger partial charge in [-0.1, -0.05) is 12.1 Å². The maximum atomic E-state index is 13.6. The first-order valence-corrected chi connectivity index (χ1v) is 22.0. The molecule has 1 saturated carbocycles. The Morgan fingerprint density at radius 3 is 2.53 bits per heavy atom. The number of anilines is 1. The topological polar surface area (TPSA) is 215 Å². The molecule has 18 nitrogen and oxygen atoms in total. The van der Waals surface area contributed by atoms with Crippen LogP contribution >= 0.6 is 0 Å². The summed E-state index contributed by atoms with van der Waals surface area (Å²) in [5.41, 5.74) is 11.0. The van der Waals surface area contributed by atoms with Crippen LogP contribution in [-0.2, 0) is 31.0 Å². The number of hydrogen-bond acceptors (Lipinski definition) is 12. The molecule has 5 heterocycles. The van der Waals surface area contributed by atoms with Crippen LogP contribution in [0, 0.1) is 5.92 Å². The Kier molecular flexibility index (Phi) is 12.7. The molecular weight excluding hydrogens is 821 g/mol. The third kappa shape index (κ3) is 8.88. The van der Waals surface area contributed by atoms with Gasteiger partial charge in [0.15, 0.2) is 11.3 Å². The van der Waals surface area contributed by atoms with E-state index >= 15 is 0 Å². The number of ether oxygens (including phenoxy) is 1. The Balaban J connectivity index is 0.834. The SMILES string of the molecule is CN(C)C(=O)c1cc2cc(C3=CCCN(C(=O)CCN(N)/C=C\N)C3)cc(N3CC(C(=O)N(C)CCCOC4CC(c5ccc6c(c5)n(C)c(=O)n6C5CCC(=O)NC5=O)C4)C3)c2o1. The number of amides is 5. The highest BCUT2D eigenvalue weighted by atomic mass is 16.5. The van der Waals surface area contributed by atoms with Gasteiger partial charge in [0.2, 0.25) is 23.6 Å². The van der Waals surface area contributed by atoms with E-state index in [4.69, 9.17) is 20.7 Å². The maximum absolute atomic E-state index is 13.6. The lowest BCUT2D eigenvalue weighted by molar-refractivity contribution is -0.136. The number of carbonyl (C=O) groups excluding carboxylic acids is 5. The van der Waals surface area contributed by atoms with Crippen LogP contribution in [0.5, 0.6) is 0 Å². The number of nitrogens with two attached hydrogens (primary N) is 2. The number of hydrogen-bond donors (Lipinski definition) is 3. The molecule has 0 spiro atoms. The van der Waals surface area contributed by atoms with E-state index in [0.29, 0.717) is 76.2 Å². The standard InChI is InChI=1S/C46H58N10O8/c1-50(2)45(61)39-24-32-19-30(29-7-5-15-53(25-29)41(58)12-16-55(48)17-13-47)23-38(42(32)64-39)54-26-33(27-54)44(60)51(3)14-6-18-63-34-20-31(21-34)28-8-9-35-37(22-28)52(4)46(62)56(35)36-10-11-40(57)49-43(36)59/h7-9,13,17,19,22-24,31,33-34,36H,5-6,10-12,14-16,18,20-21,25-27,47-48H2,1-4H3,(H,49,57,59)/b17-13-. The van der Waals surface area contributed by atoms with Crippen molar-refractivity contribution in [2.45, 2.75) is 63.0 Å². The summed E-state index contributed by atoms with van der Waals surface area (Å²) in [7, 11) is 6.88. The monoisotopic (exact) mass is 878 g/mol. The summed E-state index contributed by atoms with van der Waals surface area (Å²) < 4.78 is 15.5. The van der Waals surface area contributed by atoms with Crippen molar-refractivity contribution in [3.05, 3.63) is 82.2 Å². The van der Waals surface area contributed by atoms with Gasteiger partial charge in [0.05, 0.1) is 28.7 Å². The second-order valence-corrected chi connectivity index (χ2v) is 17.7. The van der Waals surface area contributed by atoms with E-state index in [2.05, 4.69) is 16.3 Å². The molecule has 4 aliphatic rings. The molecule has 3 aliphatic heterocycles. The van der Waals surface area contributed by atoms with E-state index in [9.17, 15) is 28.8 Å². The largest absolute Gasteiger partial charge is 0.449 e. The van der Waals surface area contributed by atoms with Crippen molar-refractivity contribution in [1.82, 2.24) is 34.2 Å². The molecule has 5 N–H and O–H groups in total. The third-order valence-electron chi connectivity index (χ3n) is 13.1. The first kappa shape index (κ1) is 44.2. The van der Waals surface area contributed by atoms with Crippen LogP contribution in [0.15, 0.2) is 64.1 Å². The van der Waals surface area contributed by atoms with Crippen LogP contribution in [0.25, 0.3) is 27.6 Å². The average molecular weight is 879 g/mol. The summed E-state index contributed by atoms with van der Waals surface area (Å²) in [6.45, 7) is 3.47. The van der Waals surface area contributed by atoms with Gasteiger partial charge in [0.25, 0.3) is 5.91 Å². The highest BCUT2D eigenvalue weighted by Gasteiger charge is 2.37. The molecule has 1 unspecified atom stereocenters. The zero-order valence-corrected chi connectivity index (χ0v) is 37.0. The first-order valence-electron chi connectivity index (χ1n) is 22.0. The lowest BCUT2D eigenvalue weighted by atomic mass is 9.77. The molecular formula is C46H58N10O8. The Morgan fingerprint density at radius 1 is 1.02 bits per heavy atom. The molecule has 1 atom stereocenters. The van der Waals surface area contributed by atoms with E-state index in [1.54, 1.807) is 36.7 Å². The molecule has 2 aromatic heterocycles. The number of furan rings is 1. The molecule has 1 aliphatic carbocycles. The van der Waals surface area contributed by atoms with Crippen molar-refractivity contribution in [2.24, 2.45) is 24.5 Å². The molecule has 4 aromatic rings. The van der Waals surface area contributed by atoms with Gasteiger partial charge in [0.1, 0.15) is 6.04 Å². The summed E-state index contributed by atoms with van der Waals surface area (Å²) in [5.74, 6) is 5.23. The van der Waals surface area contributed by atoms with Gasteiger partial charge in [-0.3, -0.25) is 38.4 Å². The zero-order chi connectivity index (χ0) is 45.4. The molecule has 64 heavy (non-hydrogen) atoms. The fourth-order valence-electron chi connectivity index (χ4n) is 9.26. The highest BCUT2D eigenvalue weighted by Crippen LogP contribution is 2.41. The fourth-order valence-corrected chi connectivity index (χ4v) is 9.26. The first-order chi connectivity index (χ1) is 30.7. The van der Waals surface area contributed by atoms with Gasteiger partial charge in [-0.25, -0.2) is 10.6 Å². The summed E-state index contributed by atoms with van der Waals surface area (Å²) in [4.78, 5) is 84.3. The van der Waals surface area contributed by atoms with Crippen LogP contribution in [-0.4, -0.2) is 132 Å². The van der Waals surface area contributed by atoms with Crippen LogP contribution < -0.4 is 27.5 Å². The van der Waals surface area contributed by atoms with Crippen molar-refractivity contribution in [1.29, 1.82) is 0 Å². The molecule has 0 radical (unpaired) electrons. The van der Waals surface area contributed by atoms with Crippen molar-refractivity contribution in [3.8, 4) is 0 Å². The zero-order valence-electron chi connectivity index (χ0n) is 37.0. The van der Waals surface area contributed by atoms with Gasteiger partial charge in [0, 0.05) is 105 Å².